The molecule has 3 atom stereocenters. The SMILES string of the molecule is COc1ccc(CNC(=O)C2CC3CN(C(=O)c4ccccc4)CCC3N2C)cc1. The van der Waals surface area contributed by atoms with Crippen molar-refractivity contribution in [3.8, 4) is 5.75 Å². The van der Waals surface area contributed by atoms with Crippen LogP contribution >= 0.6 is 0 Å². The summed E-state index contributed by atoms with van der Waals surface area (Å²) in [7, 11) is 3.68. The van der Waals surface area contributed by atoms with Crippen LogP contribution in [-0.2, 0) is 11.3 Å². The van der Waals surface area contributed by atoms with Crippen molar-refractivity contribution in [2.45, 2.75) is 31.5 Å². The number of hydrogen-bond donors (Lipinski definition) is 1. The van der Waals surface area contributed by atoms with Crippen LogP contribution in [-0.4, -0.2) is 60.9 Å². The van der Waals surface area contributed by atoms with Crippen molar-refractivity contribution in [3.05, 3.63) is 65.7 Å². The fraction of sp³-hybridized carbons (Fsp3) is 0.417. The van der Waals surface area contributed by atoms with E-state index in [1.165, 1.54) is 0 Å². The summed E-state index contributed by atoms with van der Waals surface area (Å²) < 4.78 is 5.18. The van der Waals surface area contributed by atoms with Gasteiger partial charge in [0.05, 0.1) is 13.2 Å². The van der Waals surface area contributed by atoms with E-state index in [-0.39, 0.29) is 17.9 Å². The molecule has 0 aromatic heterocycles. The maximum absolute atomic E-state index is 12.9. The van der Waals surface area contributed by atoms with Crippen LogP contribution in [0.1, 0.15) is 28.8 Å². The average Bonchev–Trinajstić information content (AvgIpc) is 3.13. The zero-order valence-corrected chi connectivity index (χ0v) is 17.6. The predicted molar refractivity (Wildman–Crippen MR) is 115 cm³/mol. The van der Waals surface area contributed by atoms with Crippen molar-refractivity contribution >= 4 is 11.8 Å². The lowest BCUT2D eigenvalue weighted by molar-refractivity contribution is -0.125. The summed E-state index contributed by atoms with van der Waals surface area (Å²) >= 11 is 0. The Morgan fingerprint density at radius 3 is 2.53 bits per heavy atom. The van der Waals surface area contributed by atoms with E-state index in [1.54, 1.807) is 7.11 Å². The third-order valence-corrected chi connectivity index (χ3v) is 6.47. The Kier molecular flexibility index (Phi) is 6.04. The third kappa shape index (κ3) is 4.19. The molecule has 2 fully saturated rings. The first kappa shape index (κ1) is 20.4. The number of fused-ring (bicyclic) bond motifs is 1. The molecule has 0 bridgehead atoms. The van der Waals surface area contributed by atoms with Gasteiger partial charge >= 0.3 is 0 Å². The van der Waals surface area contributed by atoms with Crippen molar-refractivity contribution in [3.63, 3.8) is 0 Å². The van der Waals surface area contributed by atoms with Gasteiger partial charge in [0.1, 0.15) is 5.75 Å². The Labute approximate surface area is 177 Å². The fourth-order valence-electron chi connectivity index (χ4n) is 4.76. The summed E-state index contributed by atoms with van der Waals surface area (Å²) in [6.07, 6.45) is 1.69. The van der Waals surface area contributed by atoms with Gasteiger partial charge in [-0.25, -0.2) is 0 Å². The lowest BCUT2D eigenvalue weighted by atomic mass is 9.91. The summed E-state index contributed by atoms with van der Waals surface area (Å²) in [5, 5.41) is 3.08. The first-order chi connectivity index (χ1) is 14.6. The zero-order chi connectivity index (χ0) is 21.1. The highest BCUT2D eigenvalue weighted by molar-refractivity contribution is 5.94. The minimum atomic E-state index is -0.148. The summed E-state index contributed by atoms with van der Waals surface area (Å²) in [5.74, 6) is 1.28. The average molecular weight is 408 g/mol. The maximum Gasteiger partial charge on any atom is 0.253 e. The number of ether oxygens (including phenoxy) is 1. The second kappa shape index (κ2) is 8.88. The third-order valence-electron chi connectivity index (χ3n) is 6.47. The molecule has 4 rings (SSSR count). The number of nitrogens with one attached hydrogen (secondary N) is 1. The summed E-state index contributed by atoms with van der Waals surface area (Å²) in [6.45, 7) is 1.95. The molecule has 0 aliphatic carbocycles. The van der Waals surface area contributed by atoms with Gasteiger partial charge in [0, 0.05) is 31.2 Å². The van der Waals surface area contributed by atoms with Crippen LogP contribution in [0.3, 0.4) is 0 Å². The highest BCUT2D eigenvalue weighted by Gasteiger charge is 2.45. The van der Waals surface area contributed by atoms with Crippen LogP contribution in [0.15, 0.2) is 54.6 Å². The number of methoxy groups -OCH3 is 1. The minimum Gasteiger partial charge on any atom is -0.497 e. The second-order valence-corrected chi connectivity index (χ2v) is 8.22. The number of carbonyl (C=O) groups excluding carboxylic acids is 2. The van der Waals surface area contributed by atoms with Crippen molar-refractivity contribution in [1.29, 1.82) is 0 Å². The normalized spacial score (nSPS) is 23.7. The van der Waals surface area contributed by atoms with Crippen molar-refractivity contribution in [2.24, 2.45) is 5.92 Å². The molecule has 2 aromatic carbocycles. The highest BCUT2D eigenvalue weighted by Crippen LogP contribution is 2.35. The van der Waals surface area contributed by atoms with Crippen LogP contribution in [0, 0.1) is 5.92 Å². The number of rotatable bonds is 5. The molecule has 0 spiro atoms. The number of likely N-dealkylation sites (tertiary alicyclic amines) is 2. The van der Waals surface area contributed by atoms with Gasteiger partial charge < -0.3 is 15.0 Å². The number of piperidine rings is 1. The second-order valence-electron chi connectivity index (χ2n) is 8.22. The molecule has 3 unspecified atom stereocenters. The van der Waals surface area contributed by atoms with Gasteiger partial charge in [0.2, 0.25) is 5.91 Å². The molecule has 2 aromatic rings. The van der Waals surface area contributed by atoms with Crippen LogP contribution in [0.4, 0.5) is 0 Å². The molecular formula is C24H29N3O3. The van der Waals surface area contributed by atoms with E-state index in [4.69, 9.17) is 4.74 Å². The van der Waals surface area contributed by atoms with E-state index in [1.807, 2.05) is 66.5 Å². The molecule has 30 heavy (non-hydrogen) atoms. The molecule has 1 N–H and O–H groups in total. The van der Waals surface area contributed by atoms with Crippen LogP contribution in [0.5, 0.6) is 5.75 Å². The van der Waals surface area contributed by atoms with Gasteiger partial charge in [-0.15, -0.1) is 0 Å². The molecule has 0 radical (unpaired) electrons. The van der Waals surface area contributed by atoms with Crippen LogP contribution in [0.2, 0.25) is 0 Å². The minimum absolute atomic E-state index is 0.0589. The molecule has 2 aliphatic rings. The Bertz CT molecular complexity index is 884. The molecule has 0 saturated carbocycles. The summed E-state index contributed by atoms with van der Waals surface area (Å²) in [6, 6.07) is 17.4. The number of likely N-dealkylation sites (N-methyl/N-ethyl adjacent to an activating group) is 1. The Hall–Kier alpha value is -2.86. The molecule has 2 heterocycles. The number of benzene rings is 2. The highest BCUT2D eigenvalue weighted by atomic mass is 16.5. The lowest BCUT2D eigenvalue weighted by Gasteiger charge is -2.37. The molecule has 6 nitrogen and oxygen atoms in total. The largest absolute Gasteiger partial charge is 0.497 e. The summed E-state index contributed by atoms with van der Waals surface area (Å²) in [4.78, 5) is 29.8. The van der Waals surface area contributed by atoms with E-state index in [0.29, 0.717) is 25.0 Å². The number of carbonyl (C=O) groups is 2. The van der Waals surface area contributed by atoms with Gasteiger partial charge in [-0.3, -0.25) is 14.5 Å². The van der Waals surface area contributed by atoms with Gasteiger partial charge in [-0.05, 0) is 55.6 Å². The standard InChI is InChI=1S/C24H29N3O3/c1-26-21-12-13-27(24(29)18-6-4-3-5-7-18)16-19(21)14-22(26)23(28)25-15-17-8-10-20(30-2)11-9-17/h3-11,19,21-22H,12-16H2,1-2H3,(H,25,28). The molecule has 2 aliphatic heterocycles. The van der Waals surface area contributed by atoms with Crippen molar-refractivity contribution < 1.29 is 14.3 Å². The van der Waals surface area contributed by atoms with Crippen molar-refractivity contribution in [1.82, 2.24) is 15.1 Å². The van der Waals surface area contributed by atoms with E-state index in [2.05, 4.69) is 10.2 Å². The Morgan fingerprint density at radius 1 is 1.10 bits per heavy atom. The molecular weight excluding hydrogens is 378 g/mol. The maximum atomic E-state index is 12.9. The number of hydrogen-bond acceptors (Lipinski definition) is 4. The zero-order valence-electron chi connectivity index (χ0n) is 17.6. The monoisotopic (exact) mass is 407 g/mol. The van der Waals surface area contributed by atoms with Gasteiger partial charge in [-0.2, -0.15) is 0 Å². The van der Waals surface area contributed by atoms with Gasteiger partial charge in [-0.1, -0.05) is 30.3 Å². The Balaban J connectivity index is 1.34. The first-order valence-electron chi connectivity index (χ1n) is 10.5. The van der Waals surface area contributed by atoms with E-state index < -0.39 is 0 Å². The predicted octanol–water partition coefficient (Wildman–Crippen LogP) is 2.55. The molecule has 6 heteroatoms. The quantitative estimate of drug-likeness (QED) is 0.828. The summed E-state index contributed by atoms with van der Waals surface area (Å²) in [5.41, 5.74) is 1.78. The van der Waals surface area contributed by atoms with Gasteiger partial charge in [0.15, 0.2) is 0 Å². The molecule has 2 amide bonds. The number of amides is 2. The fourth-order valence-corrected chi connectivity index (χ4v) is 4.76. The topological polar surface area (TPSA) is 61.9 Å². The van der Waals surface area contributed by atoms with Gasteiger partial charge in [0.25, 0.3) is 5.91 Å². The van der Waals surface area contributed by atoms with E-state index >= 15 is 0 Å². The first-order valence-corrected chi connectivity index (χ1v) is 10.5. The van der Waals surface area contributed by atoms with E-state index in [9.17, 15) is 9.59 Å². The molecule has 2 saturated heterocycles. The van der Waals surface area contributed by atoms with Crippen molar-refractivity contribution in [2.75, 3.05) is 27.2 Å². The Morgan fingerprint density at radius 2 is 1.83 bits per heavy atom. The van der Waals surface area contributed by atoms with Crippen LogP contribution in [0.25, 0.3) is 0 Å². The van der Waals surface area contributed by atoms with E-state index in [0.717, 1.165) is 36.3 Å². The lowest BCUT2D eigenvalue weighted by Crippen LogP contribution is -2.49. The smallest absolute Gasteiger partial charge is 0.253 e. The molecule has 158 valence electrons. The van der Waals surface area contributed by atoms with Crippen LogP contribution < -0.4 is 10.1 Å². The number of nitrogens with zero attached hydrogens (tertiary/aromatic N) is 2.